The van der Waals surface area contributed by atoms with Crippen LogP contribution in [0.5, 0.6) is 0 Å². The Morgan fingerprint density at radius 1 is 1.06 bits per heavy atom. The van der Waals surface area contributed by atoms with E-state index in [9.17, 15) is 14.4 Å². The van der Waals surface area contributed by atoms with Crippen LogP contribution < -0.4 is 0 Å². The largest absolute Gasteiger partial charge is 0.534 e. The number of nitrogens with zero attached hydrogens (tertiary/aromatic N) is 1. The summed E-state index contributed by atoms with van der Waals surface area (Å²) in [4.78, 5) is 38.4. The minimum Gasteiger partial charge on any atom is -0.429 e. The number of hydrogen-bond acceptors (Lipinski definition) is 5. The molecule has 0 aromatic rings. The Hall–Kier alpha value is -1.59. The van der Waals surface area contributed by atoms with Crippen LogP contribution in [0, 0.1) is 11.8 Å². The Labute approximate surface area is 97.8 Å². The van der Waals surface area contributed by atoms with Crippen LogP contribution in [-0.2, 0) is 19.2 Å². The first-order valence-electron chi connectivity index (χ1n) is 5.88. The number of hydrogen-bond donors (Lipinski definition) is 0. The maximum atomic E-state index is 11.4. The summed E-state index contributed by atoms with van der Waals surface area (Å²) in [5, 5.41) is 0.512. The second kappa shape index (κ2) is 3.72. The van der Waals surface area contributed by atoms with E-state index in [0.29, 0.717) is 16.9 Å². The molecule has 2 amide bonds. The third kappa shape index (κ3) is 1.99. The molecule has 17 heavy (non-hydrogen) atoms. The highest BCUT2D eigenvalue weighted by atomic mass is 16.8. The van der Waals surface area contributed by atoms with Crippen molar-refractivity contribution in [3.63, 3.8) is 0 Å². The first kappa shape index (κ1) is 10.6. The molecule has 0 spiro atoms. The fourth-order valence-electron chi connectivity index (χ4n) is 2.65. The molecule has 92 valence electrons. The number of amides is 2. The van der Waals surface area contributed by atoms with E-state index in [4.69, 9.17) is 4.74 Å². The van der Waals surface area contributed by atoms with Gasteiger partial charge in [0.05, 0.1) is 0 Å². The van der Waals surface area contributed by atoms with E-state index in [-0.39, 0.29) is 18.9 Å². The average Bonchev–Trinajstić information content (AvgIpc) is 2.78. The molecule has 0 bridgehead atoms. The van der Waals surface area contributed by atoms with Gasteiger partial charge >= 0.3 is 6.16 Å². The van der Waals surface area contributed by atoms with Crippen LogP contribution in [0.1, 0.15) is 32.1 Å². The van der Waals surface area contributed by atoms with Crippen molar-refractivity contribution >= 4 is 18.0 Å². The van der Waals surface area contributed by atoms with E-state index in [1.165, 1.54) is 6.42 Å². The second-order valence-electron chi connectivity index (χ2n) is 4.89. The molecule has 3 aliphatic rings. The van der Waals surface area contributed by atoms with Crippen molar-refractivity contribution in [1.29, 1.82) is 0 Å². The van der Waals surface area contributed by atoms with Crippen molar-refractivity contribution in [3.8, 4) is 0 Å². The number of imide groups is 1. The lowest BCUT2D eigenvalue weighted by Gasteiger charge is -2.16. The molecular weight excluding hydrogens is 226 g/mol. The van der Waals surface area contributed by atoms with Gasteiger partial charge in [-0.2, -0.15) is 0 Å². The zero-order chi connectivity index (χ0) is 12.0. The smallest absolute Gasteiger partial charge is 0.429 e. The lowest BCUT2D eigenvalue weighted by molar-refractivity contribution is -0.178. The number of rotatable bonds is 2. The zero-order valence-electron chi connectivity index (χ0n) is 9.26. The lowest BCUT2D eigenvalue weighted by atomic mass is 10.2. The molecule has 3 fully saturated rings. The Balaban J connectivity index is 1.49. The summed E-state index contributed by atoms with van der Waals surface area (Å²) < 4.78 is 5.06. The van der Waals surface area contributed by atoms with Gasteiger partial charge in [-0.15, -0.1) is 0 Å². The van der Waals surface area contributed by atoms with Crippen molar-refractivity contribution in [2.24, 2.45) is 11.8 Å². The van der Waals surface area contributed by atoms with E-state index in [1.54, 1.807) is 0 Å². The van der Waals surface area contributed by atoms with E-state index in [0.717, 1.165) is 12.8 Å². The number of carbonyl (C=O) groups is 3. The molecule has 0 radical (unpaired) electrons. The lowest BCUT2D eigenvalue weighted by Crippen LogP contribution is -2.33. The van der Waals surface area contributed by atoms with Crippen molar-refractivity contribution in [2.45, 2.75) is 38.2 Å². The molecule has 1 aliphatic heterocycles. The Morgan fingerprint density at radius 2 is 1.65 bits per heavy atom. The fourth-order valence-corrected chi connectivity index (χ4v) is 2.65. The van der Waals surface area contributed by atoms with Crippen LogP contribution >= 0.6 is 0 Å². The van der Waals surface area contributed by atoms with Gasteiger partial charge in [0.1, 0.15) is 6.10 Å². The third-order valence-corrected chi connectivity index (χ3v) is 3.63. The zero-order valence-corrected chi connectivity index (χ0v) is 9.26. The molecule has 6 nitrogen and oxygen atoms in total. The number of ether oxygens (including phenoxy) is 1. The third-order valence-electron chi connectivity index (χ3n) is 3.63. The summed E-state index contributed by atoms with van der Waals surface area (Å²) in [6.45, 7) is 0. The number of carbonyl (C=O) groups excluding carboxylic acids is 3. The molecule has 2 unspecified atom stereocenters. The van der Waals surface area contributed by atoms with Crippen molar-refractivity contribution < 1.29 is 24.0 Å². The molecule has 1 saturated heterocycles. The van der Waals surface area contributed by atoms with Crippen LogP contribution in [0.25, 0.3) is 0 Å². The van der Waals surface area contributed by atoms with Crippen molar-refractivity contribution in [2.75, 3.05) is 0 Å². The van der Waals surface area contributed by atoms with Gasteiger partial charge in [0, 0.05) is 12.8 Å². The van der Waals surface area contributed by atoms with Gasteiger partial charge in [0.15, 0.2) is 0 Å². The standard InChI is InChI=1S/C11H13NO5/c13-9-1-2-10(14)12(9)17-11(15)16-8-4-6-3-7(6)5-8/h6-8H,1-5H2. The minimum atomic E-state index is -0.945. The quantitative estimate of drug-likeness (QED) is 0.531. The molecule has 0 aromatic carbocycles. The Morgan fingerprint density at radius 3 is 2.24 bits per heavy atom. The molecular formula is C11H13NO5. The molecule has 1 heterocycles. The summed E-state index contributed by atoms with van der Waals surface area (Å²) in [6, 6.07) is 0. The molecule has 2 aliphatic carbocycles. The normalized spacial score (nSPS) is 34.8. The van der Waals surface area contributed by atoms with E-state index >= 15 is 0 Å². The number of hydroxylamine groups is 2. The van der Waals surface area contributed by atoms with Gasteiger partial charge in [-0.3, -0.25) is 14.4 Å². The fraction of sp³-hybridized carbons (Fsp3) is 0.727. The topological polar surface area (TPSA) is 72.9 Å². The van der Waals surface area contributed by atoms with E-state index in [1.807, 2.05) is 0 Å². The summed E-state index contributed by atoms with van der Waals surface area (Å²) in [5.74, 6) is 0.424. The predicted octanol–water partition coefficient (Wildman–Crippen LogP) is 1.00. The minimum absolute atomic E-state index is 0.0969. The highest BCUT2D eigenvalue weighted by Crippen LogP contribution is 2.52. The summed E-state index contributed by atoms with van der Waals surface area (Å²) >= 11 is 0. The average molecular weight is 239 g/mol. The summed E-state index contributed by atoms with van der Waals surface area (Å²) in [6.07, 6.45) is 2.12. The Kier molecular flexibility index (Phi) is 2.31. The summed E-state index contributed by atoms with van der Waals surface area (Å²) in [7, 11) is 0. The SMILES string of the molecule is O=C(OC1CC2CC2C1)ON1C(=O)CCC1=O. The highest BCUT2D eigenvalue weighted by molar-refractivity contribution is 6.01. The van der Waals surface area contributed by atoms with Crippen LogP contribution in [-0.4, -0.2) is 29.1 Å². The predicted molar refractivity (Wildman–Crippen MR) is 53.3 cm³/mol. The molecule has 0 N–H and O–H groups in total. The molecule has 2 saturated carbocycles. The second-order valence-corrected chi connectivity index (χ2v) is 4.89. The maximum Gasteiger partial charge on any atom is 0.534 e. The highest BCUT2D eigenvalue weighted by Gasteiger charge is 2.47. The first-order valence-corrected chi connectivity index (χ1v) is 5.88. The van der Waals surface area contributed by atoms with Gasteiger partial charge < -0.3 is 4.74 Å². The monoisotopic (exact) mass is 239 g/mol. The molecule has 6 heteroatoms. The van der Waals surface area contributed by atoms with Crippen LogP contribution in [0.2, 0.25) is 0 Å². The molecule has 3 rings (SSSR count). The van der Waals surface area contributed by atoms with Gasteiger partial charge in [-0.05, 0) is 31.1 Å². The van der Waals surface area contributed by atoms with Gasteiger partial charge in [-0.1, -0.05) is 5.06 Å². The van der Waals surface area contributed by atoms with Crippen LogP contribution in [0.3, 0.4) is 0 Å². The van der Waals surface area contributed by atoms with Crippen LogP contribution in [0.4, 0.5) is 4.79 Å². The first-order chi connectivity index (χ1) is 8.13. The maximum absolute atomic E-state index is 11.4. The number of fused-ring (bicyclic) bond motifs is 1. The van der Waals surface area contributed by atoms with E-state index < -0.39 is 18.0 Å². The van der Waals surface area contributed by atoms with Gasteiger partial charge in [-0.25, -0.2) is 4.79 Å². The van der Waals surface area contributed by atoms with Crippen LogP contribution in [0.15, 0.2) is 0 Å². The van der Waals surface area contributed by atoms with Gasteiger partial charge in [0.2, 0.25) is 0 Å². The van der Waals surface area contributed by atoms with E-state index in [2.05, 4.69) is 4.84 Å². The van der Waals surface area contributed by atoms with Crippen molar-refractivity contribution in [1.82, 2.24) is 5.06 Å². The summed E-state index contributed by atoms with van der Waals surface area (Å²) in [5.41, 5.74) is 0. The molecule has 0 aromatic heterocycles. The van der Waals surface area contributed by atoms with Crippen molar-refractivity contribution in [3.05, 3.63) is 0 Å². The molecule has 2 atom stereocenters. The Bertz CT molecular complexity index is 367. The van der Waals surface area contributed by atoms with Gasteiger partial charge in [0.25, 0.3) is 11.8 Å².